The second-order valence-corrected chi connectivity index (χ2v) is 3.64. The predicted octanol–water partition coefficient (Wildman–Crippen LogP) is 1.54. The van der Waals surface area contributed by atoms with E-state index in [-0.39, 0.29) is 0 Å². The van der Waals surface area contributed by atoms with Gasteiger partial charge in [-0.05, 0) is 25.3 Å². The van der Waals surface area contributed by atoms with Gasteiger partial charge in [0.2, 0.25) is 0 Å². The third-order valence-corrected chi connectivity index (χ3v) is 2.72. The topological polar surface area (TPSA) is 35.2 Å². The number of nitrogens with two attached hydrogens (primary N) is 1. The van der Waals surface area contributed by atoms with Crippen molar-refractivity contribution in [1.82, 2.24) is 0 Å². The SMILES string of the molecule is C#CCCOC1CCCCC1CN. The first-order valence-corrected chi connectivity index (χ1v) is 5.13. The summed E-state index contributed by atoms with van der Waals surface area (Å²) in [5.41, 5.74) is 5.68. The van der Waals surface area contributed by atoms with Crippen LogP contribution in [0.15, 0.2) is 0 Å². The summed E-state index contributed by atoms with van der Waals surface area (Å²) >= 11 is 0. The van der Waals surface area contributed by atoms with Gasteiger partial charge in [-0.25, -0.2) is 0 Å². The molecule has 0 radical (unpaired) electrons. The smallest absolute Gasteiger partial charge is 0.0615 e. The van der Waals surface area contributed by atoms with Crippen LogP contribution in [0.25, 0.3) is 0 Å². The van der Waals surface area contributed by atoms with Crippen molar-refractivity contribution in [3.63, 3.8) is 0 Å². The lowest BCUT2D eigenvalue weighted by atomic mass is 9.86. The van der Waals surface area contributed by atoms with Gasteiger partial charge in [-0.1, -0.05) is 12.8 Å². The van der Waals surface area contributed by atoms with Gasteiger partial charge in [0.05, 0.1) is 12.7 Å². The van der Waals surface area contributed by atoms with Crippen molar-refractivity contribution < 1.29 is 4.74 Å². The molecule has 0 bridgehead atoms. The Bertz CT molecular complexity index is 173. The second kappa shape index (κ2) is 6.01. The first-order chi connectivity index (χ1) is 6.38. The average molecular weight is 181 g/mol. The Morgan fingerprint density at radius 2 is 2.15 bits per heavy atom. The Morgan fingerprint density at radius 3 is 2.85 bits per heavy atom. The third kappa shape index (κ3) is 3.38. The van der Waals surface area contributed by atoms with Crippen molar-refractivity contribution in [2.24, 2.45) is 11.7 Å². The van der Waals surface area contributed by atoms with Crippen LogP contribution in [0.1, 0.15) is 32.1 Å². The van der Waals surface area contributed by atoms with E-state index < -0.39 is 0 Å². The number of ether oxygens (including phenoxy) is 1. The van der Waals surface area contributed by atoms with Gasteiger partial charge >= 0.3 is 0 Å². The molecule has 74 valence electrons. The fourth-order valence-electron chi connectivity index (χ4n) is 1.93. The van der Waals surface area contributed by atoms with Crippen molar-refractivity contribution in [2.45, 2.75) is 38.2 Å². The largest absolute Gasteiger partial charge is 0.377 e. The monoisotopic (exact) mass is 181 g/mol. The summed E-state index contributed by atoms with van der Waals surface area (Å²) in [4.78, 5) is 0. The molecule has 0 amide bonds. The third-order valence-electron chi connectivity index (χ3n) is 2.72. The minimum Gasteiger partial charge on any atom is -0.377 e. The van der Waals surface area contributed by atoms with Crippen LogP contribution in [0.4, 0.5) is 0 Å². The standard InChI is InChI=1S/C11H19NO/c1-2-3-8-13-11-7-5-4-6-10(11)9-12/h1,10-11H,3-9,12H2. The first-order valence-electron chi connectivity index (χ1n) is 5.13. The number of hydrogen-bond acceptors (Lipinski definition) is 2. The Balaban J connectivity index is 2.24. The van der Waals surface area contributed by atoms with Gasteiger partial charge in [0.25, 0.3) is 0 Å². The highest BCUT2D eigenvalue weighted by molar-refractivity contribution is 4.83. The van der Waals surface area contributed by atoms with Gasteiger partial charge in [-0.3, -0.25) is 0 Å². The maximum absolute atomic E-state index is 5.70. The molecule has 1 fully saturated rings. The molecule has 0 aromatic carbocycles. The van der Waals surface area contributed by atoms with Crippen LogP contribution in [0.3, 0.4) is 0 Å². The van der Waals surface area contributed by atoms with E-state index in [2.05, 4.69) is 5.92 Å². The average Bonchev–Trinajstić information content (AvgIpc) is 2.19. The Labute approximate surface area is 80.8 Å². The van der Waals surface area contributed by atoms with Gasteiger partial charge in [0, 0.05) is 6.42 Å². The fraction of sp³-hybridized carbons (Fsp3) is 0.818. The summed E-state index contributed by atoms with van der Waals surface area (Å²) in [5, 5.41) is 0. The minimum atomic E-state index is 0.368. The van der Waals surface area contributed by atoms with Crippen LogP contribution in [0.2, 0.25) is 0 Å². The number of hydrogen-bond donors (Lipinski definition) is 1. The molecule has 1 aliphatic rings. The van der Waals surface area contributed by atoms with Crippen molar-refractivity contribution in [3.8, 4) is 12.3 Å². The zero-order valence-corrected chi connectivity index (χ0v) is 8.17. The van der Waals surface area contributed by atoms with Gasteiger partial charge in [0.15, 0.2) is 0 Å². The highest BCUT2D eigenvalue weighted by Gasteiger charge is 2.23. The Morgan fingerprint density at radius 1 is 1.38 bits per heavy atom. The Hall–Kier alpha value is -0.520. The maximum atomic E-state index is 5.70. The lowest BCUT2D eigenvalue weighted by Gasteiger charge is -2.30. The molecule has 0 saturated heterocycles. The Kier molecular flexibility index (Phi) is 4.88. The normalized spacial score (nSPS) is 28.3. The molecule has 2 N–H and O–H groups in total. The van der Waals surface area contributed by atoms with E-state index in [0.717, 1.165) is 13.0 Å². The minimum absolute atomic E-state index is 0.368. The van der Waals surface area contributed by atoms with E-state index in [1.807, 2.05) is 0 Å². The van der Waals surface area contributed by atoms with Crippen LogP contribution in [0.5, 0.6) is 0 Å². The van der Waals surface area contributed by atoms with Crippen molar-refractivity contribution >= 4 is 0 Å². The van der Waals surface area contributed by atoms with E-state index in [1.54, 1.807) is 0 Å². The molecule has 2 heteroatoms. The fourth-order valence-corrected chi connectivity index (χ4v) is 1.93. The van der Waals surface area contributed by atoms with Crippen molar-refractivity contribution in [3.05, 3.63) is 0 Å². The van der Waals surface area contributed by atoms with Crippen LogP contribution in [-0.2, 0) is 4.74 Å². The van der Waals surface area contributed by atoms with Crippen molar-refractivity contribution in [1.29, 1.82) is 0 Å². The highest BCUT2D eigenvalue weighted by Crippen LogP contribution is 2.25. The van der Waals surface area contributed by atoms with Crippen molar-refractivity contribution in [2.75, 3.05) is 13.2 Å². The van der Waals surface area contributed by atoms with Gasteiger partial charge in [0.1, 0.15) is 0 Å². The highest BCUT2D eigenvalue weighted by atomic mass is 16.5. The summed E-state index contributed by atoms with van der Waals surface area (Å²) in [6.45, 7) is 1.44. The second-order valence-electron chi connectivity index (χ2n) is 3.64. The van der Waals surface area contributed by atoms with E-state index >= 15 is 0 Å². The van der Waals surface area contributed by atoms with E-state index in [1.165, 1.54) is 19.3 Å². The van der Waals surface area contributed by atoms with E-state index in [9.17, 15) is 0 Å². The van der Waals surface area contributed by atoms with Crippen LogP contribution in [-0.4, -0.2) is 19.3 Å². The van der Waals surface area contributed by atoms with E-state index in [4.69, 9.17) is 16.9 Å². The lowest BCUT2D eigenvalue weighted by Crippen LogP contribution is -2.33. The predicted molar refractivity (Wildman–Crippen MR) is 54.2 cm³/mol. The molecule has 1 aliphatic carbocycles. The molecule has 0 aromatic heterocycles. The van der Waals surface area contributed by atoms with Gasteiger partial charge in [-0.15, -0.1) is 12.3 Å². The molecule has 0 spiro atoms. The molecule has 2 atom stereocenters. The quantitative estimate of drug-likeness (QED) is 0.527. The number of terminal acetylenes is 1. The number of rotatable bonds is 4. The molecule has 0 aromatic rings. The van der Waals surface area contributed by atoms with E-state index in [0.29, 0.717) is 25.0 Å². The molecule has 0 aliphatic heterocycles. The van der Waals surface area contributed by atoms with Gasteiger partial charge in [-0.2, -0.15) is 0 Å². The molecule has 2 nitrogen and oxygen atoms in total. The summed E-state index contributed by atoms with van der Waals surface area (Å²) in [7, 11) is 0. The molecule has 1 rings (SSSR count). The summed E-state index contributed by atoms with van der Waals surface area (Å²) in [6.07, 6.45) is 11.2. The summed E-state index contributed by atoms with van der Waals surface area (Å²) in [5.74, 6) is 3.15. The van der Waals surface area contributed by atoms with Gasteiger partial charge < -0.3 is 10.5 Å². The maximum Gasteiger partial charge on any atom is 0.0615 e. The molecule has 0 heterocycles. The molecule has 1 saturated carbocycles. The molecular formula is C11H19NO. The molecular weight excluding hydrogens is 162 g/mol. The zero-order chi connectivity index (χ0) is 9.52. The van der Waals surface area contributed by atoms with Crippen LogP contribution in [0, 0.1) is 18.3 Å². The molecule has 2 unspecified atom stereocenters. The summed E-state index contributed by atoms with van der Waals surface area (Å²) in [6, 6.07) is 0. The first kappa shape index (κ1) is 10.6. The van der Waals surface area contributed by atoms with Crippen LogP contribution < -0.4 is 5.73 Å². The zero-order valence-electron chi connectivity index (χ0n) is 8.17. The van der Waals surface area contributed by atoms with Crippen LogP contribution >= 0.6 is 0 Å². The summed E-state index contributed by atoms with van der Waals surface area (Å²) < 4.78 is 5.70. The lowest BCUT2D eigenvalue weighted by molar-refractivity contribution is -0.00500. The molecule has 13 heavy (non-hydrogen) atoms.